The molecule has 0 saturated carbocycles. The lowest BCUT2D eigenvalue weighted by molar-refractivity contribution is 0.0471. The van der Waals surface area contributed by atoms with Crippen LogP contribution in [0.4, 0.5) is 0 Å². The van der Waals surface area contributed by atoms with E-state index in [1.165, 1.54) is 12.1 Å². The van der Waals surface area contributed by atoms with E-state index in [1.807, 2.05) is 42.7 Å². The Balaban J connectivity index is 1.73. The van der Waals surface area contributed by atoms with Crippen molar-refractivity contribution in [2.45, 2.75) is 31.9 Å². The quantitative estimate of drug-likeness (QED) is 0.583. The van der Waals surface area contributed by atoms with Gasteiger partial charge in [0.2, 0.25) is 10.0 Å². The van der Waals surface area contributed by atoms with E-state index in [0.29, 0.717) is 17.9 Å². The zero-order valence-electron chi connectivity index (χ0n) is 17.1. The highest BCUT2D eigenvalue weighted by molar-refractivity contribution is 7.89. The summed E-state index contributed by atoms with van der Waals surface area (Å²) in [7, 11) is -2.14. The number of aryl methyl sites for hydroxylation is 1. The molecule has 3 aromatic rings. The van der Waals surface area contributed by atoms with E-state index in [0.717, 1.165) is 22.5 Å². The molecule has 7 nitrogen and oxygen atoms in total. The Morgan fingerprint density at radius 3 is 2.37 bits per heavy atom. The van der Waals surface area contributed by atoms with Gasteiger partial charge in [-0.3, -0.25) is 0 Å². The Bertz CT molecular complexity index is 1160. The summed E-state index contributed by atoms with van der Waals surface area (Å²) in [5.41, 5.74) is 3.90. The lowest BCUT2D eigenvalue weighted by atomic mass is 10.2. The van der Waals surface area contributed by atoms with E-state index in [9.17, 15) is 13.2 Å². The number of methoxy groups -OCH3 is 1. The topological polar surface area (TPSA) is 101 Å². The molecule has 0 fully saturated rings. The second-order valence-corrected chi connectivity index (χ2v) is 8.55. The average Bonchev–Trinajstić information content (AvgIpc) is 3.00. The van der Waals surface area contributed by atoms with Crippen molar-refractivity contribution in [1.82, 2.24) is 4.57 Å². The van der Waals surface area contributed by atoms with Crippen LogP contribution in [-0.4, -0.2) is 26.1 Å². The monoisotopic (exact) mass is 428 g/mol. The van der Waals surface area contributed by atoms with Gasteiger partial charge in [-0.05, 0) is 55.3 Å². The largest absolute Gasteiger partial charge is 0.497 e. The van der Waals surface area contributed by atoms with Gasteiger partial charge in [0, 0.05) is 17.9 Å². The summed E-state index contributed by atoms with van der Waals surface area (Å²) in [5.74, 6) is 0.303. The molecule has 0 aliphatic rings. The molecule has 2 N–H and O–H groups in total. The molecule has 158 valence electrons. The number of sulfonamides is 1. The minimum absolute atomic E-state index is 0.0639. The third-order valence-corrected chi connectivity index (χ3v) is 5.82. The first-order valence-corrected chi connectivity index (χ1v) is 10.8. The SMILES string of the molecule is COc1cccc(COC(=O)c2cc(C)n(Cc3ccc(S(N)(=O)=O)cc3)c2C)c1. The third-order valence-electron chi connectivity index (χ3n) is 4.89. The minimum atomic E-state index is -3.73. The molecule has 0 aliphatic carbocycles. The van der Waals surface area contributed by atoms with Gasteiger partial charge in [0.1, 0.15) is 12.4 Å². The summed E-state index contributed by atoms with van der Waals surface area (Å²) in [4.78, 5) is 12.7. The van der Waals surface area contributed by atoms with Crippen LogP contribution in [-0.2, 0) is 27.9 Å². The van der Waals surface area contributed by atoms with Gasteiger partial charge >= 0.3 is 5.97 Å². The molecule has 0 unspecified atom stereocenters. The first kappa shape index (κ1) is 21.6. The number of rotatable bonds is 7. The van der Waals surface area contributed by atoms with E-state index >= 15 is 0 Å². The maximum Gasteiger partial charge on any atom is 0.340 e. The highest BCUT2D eigenvalue weighted by Crippen LogP contribution is 2.20. The van der Waals surface area contributed by atoms with Gasteiger partial charge in [-0.2, -0.15) is 0 Å². The Morgan fingerprint density at radius 1 is 1.03 bits per heavy atom. The lowest BCUT2D eigenvalue weighted by Gasteiger charge is -2.11. The maximum atomic E-state index is 12.6. The summed E-state index contributed by atoms with van der Waals surface area (Å²) >= 11 is 0. The molecule has 0 atom stereocenters. The van der Waals surface area contributed by atoms with Crippen molar-refractivity contribution in [1.29, 1.82) is 0 Å². The Labute approximate surface area is 176 Å². The molecule has 0 spiro atoms. The van der Waals surface area contributed by atoms with E-state index in [1.54, 1.807) is 25.3 Å². The van der Waals surface area contributed by atoms with Crippen LogP contribution in [0, 0.1) is 13.8 Å². The average molecular weight is 429 g/mol. The van der Waals surface area contributed by atoms with Crippen LogP contribution in [0.3, 0.4) is 0 Å². The molecule has 0 amide bonds. The summed E-state index contributed by atoms with van der Waals surface area (Å²) in [6, 6.07) is 15.5. The number of hydrogen-bond acceptors (Lipinski definition) is 5. The highest BCUT2D eigenvalue weighted by Gasteiger charge is 2.17. The van der Waals surface area contributed by atoms with Gasteiger partial charge in [0.15, 0.2) is 0 Å². The normalized spacial score (nSPS) is 11.3. The number of nitrogens with two attached hydrogens (primary N) is 1. The van der Waals surface area contributed by atoms with Crippen molar-refractivity contribution in [2.75, 3.05) is 7.11 Å². The van der Waals surface area contributed by atoms with E-state index in [4.69, 9.17) is 14.6 Å². The number of benzene rings is 2. The molecule has 1 heterocycles. The summed E-state index contributed by atoms with van der Waals surface area (Å²) in [5, 5.41) is 5.14. The van der Waals surface area contributed by atoms with Crippen LogP contribution < -0.4 is 9.88 Å². The fourth-order valence-corrected chi connectivity index (χ4v) is 3.72. The highest BCUT2D eigenvalue weighted by atomic mass is 32.2. The molecule has 2 aromatic carbocycles. The van der Waals surface area contributed by atoms with E-state index < -0.39 is 16.0 Å². The zero-order valence-corrected chi connectivity index (χ0v) is 17.9. The summed E-state index contributed by atoms with van der Waals surface area (Å²) in [6.07, 6.45) is 0. The molecule has 0 radical (unpaired) electrons. The van der Waals surface area contributed by atoms with Gasteiger partial charge in [-0.15, -0.1) is 0 Å². The number of hydrogen-bond donors (Lipinski definition) is 1. The number of ether oxygens (including phenoxy) is 2. The third kappa shape index (κ3) is 4.90. The predicted molar refractivity (Wildman–Crippen MR) is 113 cm³/mol. The van der Waals surface area contributed by atoms with Crippen LogP contribution in [0.1, 0.15) is 32.9 Å². The molecular weight excluding hydrogens is 404 g/mol. The van der Waals surface area contributed by atoms with E-state index in [2.05, 4.69) is 0 Å². The minimum Gasteiger partial charge on any atom is -0.497 e. The van der Waals surface area contributed by atoms with Crippen molar-refractivity contribution in [3.63, 3.8) is 0 Å². The van der Waals surface area contributed by atoms with Gasteiger partial charge in [-0.25, -0.2) is 18.4 Å². The van der Waals surface area contributed by atoms with Gasteiger partial charge < -0.3 is 14.0 Å². The summed E-state index contributed by atoms with van der Waals surface area (Å²) < 4.78 is 35.4. The molecule has 30 heavy (non-hydrogen) atoms. The number of carbonyl (C=O) groups is 1. The molecular formula is C22H24N2O5S. The van der Waals surface area contributed by atoms with Crippen molar-refractivity contribution < 1.29 is 22.7 Å². The smallest absolute Gasteiger partial charge is 0.340 e. The molecule has 0 bridgehead atoms. The predicted octanol–water partition coefficient (Wildman–Crippen LogP) is 3.17. The molecule has 0 saturated heterocycles. The number of aromatic nitrogens is 1. The maximum absolute atomic E-state index is 12.6. The number of primary sulfonamides is 1. The molecule has 1 aromatic heterocycles. The van der Waals surface area contributed by atoms with Crippen LogP contribution in [0.15, 0.2) is 59.5 Å². The lowest BCUT2D eigenvalue weighted by Crippen LogP contribution is -2.12. The van der Waals surface area contributed by atoms with Crippen LogP contribution >= 0.6 is 0 Å². The fraction of sp³-hybridized carbons (Fsp3) is 0.227. The molecule has 8 heteroatoms. The molecule has 0 aliphatic heterocycles. The van der Waals surface area contributed by atoms with Gasteiger partial charge in [-0.1, -0.05) is 24.3 Å². The summed E-state index contributed by atoms with van der Waals surface area (Å²) in [6.45, 7) is 4.40. The fourth-order valence-electron chi connectivity index (χ4n) is 3.21. The number of nitrogens with zero attached hydrogens (tertiary/aromatic N) is 1. The second kappa shape index (κ2) is 8.73. The molecule has 3 rings (SSSR count). The van der Waals surface area contributed by atoms with Gasteiger partial charge in [0.25, 0.3) is 0 Å². The Kier molecular flexibility index (Phi) is 6.28. The van der Waals surface area contributed by atoms with Crippen LogP contribution in [0.25, 0.3) is 0 Å². The first-order chi connectivity index (χ1) is 14.2. The van der Waals surface area contributed by atoms with E-state index in [-0.39, 0.29) is 11.5 Å². The van der Waals surface area contributed by atoms with Crippen molar-refractivity contribution in [2.24, 2.45) is 5.14 Å². The van der Waals surface area contributed by atoms with Crippen molar-refractivity contribution in [3.8, 4) is 5.75 Å². The zero-order chi connectivity index (χ0) is 21.9. The van der Waals surface area contributed by atoms with Gasteiger partial charge in [0.05, 0.1) is 17.6 Å². The van der Waals surface area contributed by atoms with Crippen molar-refractivity contribution in [3.05, 3.63) is 82.7 Å². The van der Waals surface area contributed by atoms with Crippen LogP contribution in [0.5, 0.6) is 5.75 Å². The number of esters is 1. The standard InChI is InChI=1S/C22H24N2O5S/c1-15-11-21(22(25)29-14-18-5-4-6-19(12-18)28-3)16(2)24(15)13-17-7-9-20(10-8-17)30(23,26)27/h4-12H,13-14H2,1-3H3,(H2,23,26,27). The number of carbonyl (C=O) groups excluding carboxylic acids is 1. The Morgan fingerprint density at radius 2 is 1.73 bits per heavy atom. The first-order valence-electron chi connectivity index (χ1n) is 9.27. The van der Waals surface area contributed by atoms with Crippen LogP contribution in [0.2, 0.25) is 0 Å². The Hall–Kier alpha value is -3.10. The second-order valence-electron chi connectivity index (χ2n) is 6.99. The van der Waals surface area contributed by atoms with Crippen molar-refractivity contribution >= 4 is 16.0 Å².